The van der Waals surface area contributed by atoms with Crippen LogP contribution in [0.4, 0.5) is 0 Å². The molecule has 0 aromatic carbocycles. The van der Waals surface area contributed by atoms with Crippen molar-refractivity contribution in [1.29, 1.82) is 0 Å². The highest BCUT2D eigenvalue weighted by molar-refractivity contribution is 9.10. The van der Waals surface area contributed by atoms with Crippen LogP contribution in [-0.4, -0.2) is 30.1 Å². The van der Waals surface area contributed by atoms with E-state index in [1.54, 1.807) is 0 Å². The molecule has 1 aliphatic carbocycles. The number of rotatable bonds is 5. The summed E-state index contributed by atoms with van der Waals surface area (Å²) in [5, 5.41) is 3.67. The molecule has 2 fully saturated rings. The van der Waals surface area contributed by atoms with Crippen molar-refractivity contribution in [1.82, 2.24) is 10.2 Å². The van der Waals surface area contributed by atoms with E-state index >= 15 is 0 Å². The summed E-state index contributed by atoms with van der Waals surface area (Å²) in [6.45, 7) is 4.54. The molecule has 1 aliphatic heterocycles. The van der Waals surface area contributed by atoms with Crippen LogP contribution in [0.1, 0.15) is 57.1 Å². The van der Waals surface area contributed by atoms with Crippen LogP contribution in [0.25, 0.3) is 0 Å². The molecule has 1 saturated heterocycles. The van der Waals surface area contributed by atoms with Crippen LogP contribution in [0.5, 0.6) is 0 Å². The Kier molecular flexibility index (Phi) is 5.41. The van der Waals surface area contributed by atoms with Gasteiger partial charge in [0.05, 0.1) is 6.54 Å². The molecule has 1 N–H and O–H groups in total. The van der Waals surface area contributed by atoms with Crippen molar-refractivity contribution in [3.63, 3.8) is 0 Å². The van der Waals surface area contributed by atoms with E-state index in [9.17, 15) is 0 Å². The highest BCUT2D eigenvalue weighted by atomic mass is 79.9. The number of likely N-dealkylation sites (tertiary alicyclic amines) is 1. The summed E-state index contributed by atoms with van der Waals surface area (Å²) in [5.74, 6) is 1.02. The van der Waals surface area contributed by atoms with Crippen molar-refractivity contribution in [2.45, 2.75) is 63.5 Å². The van der Waals surface area contributed by atoms with Crippen LogP contribution < -0.4 is 5.32 Å². The number of piperidine rings is 1. The maximum Gasteiger partial charge on any atom is 0.169 e. The second-order valence-corrected chi connectivity index (χ2v) is 7.42. The molecule has 3 rings (SSSR count). The molecule has 2 aliphatic rings. The summed E-state index contributed by atoms with van der Waals surface area (Å²) in [5.41, 5.74) is 0.405. The average molecular weight is 355 g/mol. The van der Waals surface area contributed by atoms with E-state index in [1.807, 2.05) is 12.1 Å². The molecule has 1 saturated carbocycles. The zero-order valence-electron chi connectivity index (χ0n) is 12.9. The van der Waals surface area contributed by atoms with Crippen LogP contribution in [0.2, 0.25) is 0 Å². The SMILES string of the molecule is Brc1ccc(CNCC2(N3CCCCC3)CCCCC2)o1. The number of nitrogens with one attached hydrogen (secondary N) is 1. The van der Waals surface area contributed by atoms with Gasteiger partial charge in [0, 0.05) is 12.1 Å². The lowest BCUT2D eigenvalue weighted by atomic mass is 9.79. The molecule has 0 amide bonds. The van der Waals surface area contributed by atoms with Gasteiger partial charge in [0.25, 0.3) is 0 Å². The Morgan fingerprint density at radius 1 is 1.05 bits per heavy atom. The van der Waals surface area contributed by atoms with Crippen LogP contribution in [0.15, 0.2) is 21.2 Å². The standard InChI is InChI=1S/C17H27BrN2O/c18-16-8-7-15(21-16)13-19-14-17(9-3-1-4-10-17)20-11-5-2-6-12-20/h7-8,19H,1-6,9-14H2. The lowest BCUT2D eigenvalue weighted by Crippen LogP contribution is -2.57. The van der Waals surface area contributed by atoms with Gasteiger partial charge >= 0.3 is 0 Å². The Labute approximate surface area is 136 Å². The van der Waals surface area contributed by atoms with Gasteiger partial charge in [0.15, 0.2) is 4.67 Å². The molecule has 21 heavy (non-hydrogen) atoms. The van der Waals surface area contributed by atoms with E-state index < -0.39 is 0 Å². The van der Waals surface area contributed by atoms with Gasteiger partial charge in [0.2, 0.25) is 0 Å². The number of hydrogen-bond acceptors (Lipinski definition) is 3. The van der Waals surface area contributed by atoms with Gasteiger partial charge in [-0.2, -0.15) is 0 Å². The first-order chi connectivity index (χ1) is 10.3. The van der Waals surface area contributed by atoms with E-state index in [0.29, 0.717) is 5.54 Å². The fourth-order valence-corrected chi connectivity index (χ4v) is 4.39. The second-order valence-electron chi connectivity index (χ2n) is 6.64. The first-order valence-electron chi connectivity index (χ1n) is 8.49. The molecule has 0 unspecified atom stereocenters. The van der Waals surface area contributed by atoms with Gasteiger partial charge in [-0.25, -0.2) is 0 Å². The van der Waals surface area contributed by atoms with Gasteiger partial charge < -0.3 is 9.73 Å². The summed E-state index contributed by atoms with van der Waals surface area (Å²) in [4.78, 5) is 2.79. The molecular formula is C17H27BrN2O. The Balaban J connectivity index is 1.59. The Bertz CT molecular complexity index is 434. The normalized spacial score (nSPS) is 23.3. The molecule has 1 aromatic rings. The fraction of sp³-hybridized carbons (Fsp3) is 0.765. The zero-order chi connectivity index (χ0) is 14.5. The molecule has 0 bridgehead atoms. The van der Waals surface area contributed by atoms with Crippen molar-refractivity contribution in [3.05, 3.63) is 22.6 Å². The molecule has 4 heteroatoms. The summed E-state index contributed by atoms with van der Waals surface area (Å²) in [6, 6.07) is 4.02. The predicted molar refractivity (Wildman–Crippen MR) is 89.4 cm³/mol. The van der Waals surface area contributed by atoms with Crippen LogP contribution >= 0.6 is 15.9 Å². The van der Waals surface area contributed by atoms with Crippen LogP contribution in [0, 0.1) is 0 Å². The van der Waals surface area contributed by atoms with Gasteiger partial charge in [-0.3, -0.25) is 4.90 Å². The van der Waals surface area contributed by atoms with Crippen LogP contribution in [-0.2, 0) is 6.54 Å². The molecular weight excluding hydrogens is 328 g/mol. The highest BCUT2D eigenvalue weighted by Gasteiger charge is 2.37. The average Bonchev–Trinajstić information content (AvgIpc) is 2.95. The summed E-state index contributed by atoms with van der Waals surface area (Å²) in [6.07, 6.45) is 11.1. The lowest BCUT2D eigenvalue weighted by Gasteiger charge is -2.48. The third-order valence-electron chi connectivity index (χ3n) is 5.19. The molecule has 0 spiro atoms. The van der Waals surface area contributed by atoms with Gasteiger partial charge in [-0.1, -0.05) is 25.7 Å². The van der Waals surface area contributed by atoms with Gasteiger partial charge in [0.1, 0.15) is 5.76 Å². The molecule has 1 aromatic heterocycles. The van der Waals surface area contributed by atoms with E-state index in [4.69, 9.17) is 4.42 Å². The Morgan fingerprint density at radius 2 is 1.76 bits per heavy atom. The number of hydrogen-bond donors (Lipinski definition) is 1. The van der Waals surface area contributed by atoms with Crippen LogP contribution in [0.3, 0.4) is 0 Å². The van der Waals surface area contributed by atoms with E-state index in [0.717, 1.165) is 23.5 Å². The maximum atomic E-state index is 5.59. The smallest absolute Gasteiger partial charge is 0.169 e. The quantitative estimate of drug-likeness (QED) is 0.853. The van der Waals surface area contributed by atoms with Crippen molar-refractivity contribution < 1.29 is 4.42 Å². The number of nitrogens with zero attached hydrogens (tertiary/aromatic N) is 1. The predicted octanol–water partition coefficient (Wildman–Crippen LogP) is 4.32. The minimum Gasteiger partial charge on any atom is -0.453 e. The summed E-state index contributed by atoms with van der Waals surface area (Å²) >= 11 is 3.37. The maximum absolute atomic E-state index is 5.59. The molecule has 0 atom stereocenters. The topological polar surface area (TPSA) is 28.4 Å². The second kappa shape index (κ2) is 7.30. The fourth-order valence-electron chi connectivity index (χ4n) is 4.05. The Hall–Kier alpha value is -0.320. The zero-order valence-corrected chi connectivity index (χ0v) is 14.5. The molecule has 0 radical (unpaired) electrons. The number of halogens is 1. The van der Waals surface area contributed by atoms with Crippen molar-refractivity contribution in [2.24, 2.45) is 0 Å². The summed E-state index contributed by atoms with van der Waals surface area (Å²) < 4.78 is 6.41. The third kappa shape index (κ3) is 3.91. The van der Waals surface area contributed by atoms with Crippen molar-refractivity contribution >= 4 is 15.9 Å². The van der Waals surface area contributed by atoms with E-state index in [2.05, 4.69) is 26.1 Å². The van der Waals surface area contributed by atoms with Crippen molar-refractivity contribution in [3.8, 4) is 0 Å². The van der Waals surface area contributed by atoms with E-state index in [1.165, 1.54) is 64.5 Å². The van der Waals surface area contributed by atoms with Gasteiger partial charge in [-0.05, 0) is 66.8 Å². The lowest BCUT2D eigenvalue weighted by molar-refractivity contribution is 0.0330. The van der Waals surface area contributed by atoms with E-state index in [-0.39, 0.29) is 0 Å². The highest BCUT2D eigenvalue weighted by Crippen LogP contribution is 2.35. The first kappa shape index (κ1) is 15.6. The minimum absolute atomic E-state index is 0.405. The monoisotopic (exact) mass is 354 g/mol. The molecule has 118 valence electrons. The van der Waals surface area contributed by atoms with Gasteiger partial charge in [-0.15, -0.1) is 0 Å². The third-order valence-corrected chi connectivity index (χ3v) is 5.62. The summed E-state index contributed by atoms with van der Waals surface area (Å²) in [7, 11) is 0. The number of furan rings is 1. The molecule has 2 heterocycles. The largest absolute Gasteiger partial charge is 0.453 e. The van der Waals surface area contributed by atoms with Crippen molar-refractivity contribution in [2.75, 3.05) is 19.6 Å². The Morgan fingerprint density at radius 3 is 2.43 bits per heavy atom. The minimum atomic E-state index is 0.405. The first-order valence-corrected chi connectivity index (χ1v) is 9.28. The molecule has 3 nitrogen and oxygen atoms in total.